The van der Waals surface area contributed by atoms with Crippen molar-refractivity contribution < 1.29 is 9.53 Å². The average Bonchev–Trinajstić information content (AvgIpc) is 2.81. The number of rotatable bonds is 5. The van der Waals surface area contributed by atoms with Crippen molar-refractivity contribution >= 4 is 29.1 Å². The molecule has 8 nitrogen and oxygen atoms in total. The van der Waals surface area contributed by atoms with E-state index in [4.69, 9.17) is 16.3 Å². The number of carbonyl (C=O) groups excluding carboxylic acids is 1. The van der Waals surface area contributed by atoms with Crippen molar-refractivity contribution in [3.05, 3.63) is 71.9 Å². The summed E-state index contributed by atoms with van der Waals surface area (Å²) in [4.78, 5) is 27.8. The molecule has 0 bridgehead atoms. The van der Waals surface area contributed by atoms with Crippen LogP contribution in [0.5, 0.6) is 5.75 Å². The molecule has 0 spiro atoms. The third-order valence-electron chi connectivity index (χ3n) is 5.30. The average molecular weight is 439 g/mol. The number of methoxy groups -OCH3 is 1. The SMILES string of the molecule is COc1ccc(C2CN(c3ccncn3)CCC2NC(=O)Nc2ccc(Cl)cc2)nc1. The number of hydrogen-bond donors (Lipinski definition) is 2. The second kappa shape index (κ2) is 9.61. The van der Waals surface area contributed by atoms with Crippen LogP contribution in [0.3, 0.4) is 0 Å². The fourth-order valence-corrected chi connectivity index (χ4v) is 3.83. The lowest BCUT2D eigenvalue weighted by Crippen LogP contribution is -2.51. The highest BCUT2D eigenvalue weighted by molar-refractivity contribution is 6.30. The van der Waals surface area contributed by atoms with Crippen LogP contribution in [0.2, 0.25) is 5.02 Å². The topological polar surface area (TPSA) is 92.3 Å². The van der Waals surface area contributed by atoms with Gasteiger partial charge in [0.15, 0.2) is 0 Å². The van der Waals surface area contributed by atoms with Crippen molar-refractivity contribution in [2.45, 2.75) is 18.4 Å². The summed E-state index contributed by atoms with van der Waals surface area (Å²) in [6, 6.07) is 12.4. The van der Waals surface area contributed by atoms with Gasteiger partial charge in [-0.1, -0.05) is 11.6 Å². The minimum absolute atomic E-state index is 0.0226. The lowest BCUT2D eigenvalue weighted by molar-refractivity contribution is 0.243. The third kappa shape index (κ3) is 5.21. The first-order valence-electron chi connectivity index (χ1n) is 9.96. The maximum Gasteiger partial charge on any atom is 0.319 e. The van der Waals surface area contributed by atoms with Gasteiger partial charge in [-0.05, 0) is 48.9 Å². The Morgan fingerprint density at radius 1 is 1.16 bits per heavy atom. The van der Waals surface area contributed by atoms with Crippen LogP contribution in [0.25, 0.3) is 0 Å². The van der Waals surface area contributed by atoms with Crippen LogP contribution in [-0.2, 0) is 0 Å². The molecule has 0 radical (unpaired) electrons. The predicted molar refractivity (Wildman–Crippen MR) is 120 cm³/mol. The summed E-state index contributed by atoms with van der Waals surface area (Å²) in [7, 11) is 1.61. The fraction of sp³-hybridized carbons (Fsp3) is 0.273. The molecular weight excluding hydrogens is 416 g/mol. The second-order valence-corrected chi connectivity index (χ2v) is 7.68. The number of nitrogens with zero attached hydrogens (tertiary/aromatic N) is 4. The van der Waals surface area contributed by atoms with E-state index in [1.165, 1.54) is 0 Å². The van der Waals surface area contributed by atoms with E-state index in [-0.39, 0.29) is 18.0 Å². The minimum atomic E-state index is -0.263. The lowest BCUT2D eigenvalue weighted by Gasteiger charge is -2.39. The molecule has 2 amide bonds. The number of halogens is 1. The zero-order valence-corrected chi connectivity index (χ0v) is 17.8. The van der Waals surface area contributed by atoms with Gasteiger partial charge in [0.05, 0.1) is 13.3 Å². The van der Waals surface area contributed by atoms with Gasteiger partial charge in [0.2, 0.25) is 0 Å². The van der Waals surface area contributed by atoms with Gasteiger partial charge in [0.25, 0.3) is 0 Å². The largest absolute Gasteiger partial charge is 0.495 e. The van der Waals surface area contributed by atoms with E-state index in [9.17, 15) is 4.79 Å². The highest BCUT2D eigenvalue weighted by Crippen LogP contribution is 2.29. The maximum absolute atomic E-state index is 12.7. The Morgan fingerprint density at radius 2 is 2.00 bits per heavy atom. The molecule has 4 rings (SSSR count). The molecule has 31 heavy (non-hydrogen) atoms. The molecule has 1 fully saturated rings. The van der Waals surface area contributed by atoms with Crippen molar-refractivity contribution in [1.82, 2.24) is 20.3 Å². The molecule has 1 aliphatic heterocycles. The standard InChI is InChI=1S/C22H23ClN6O2/c1-31-17-6-7-19(25-12-17)18-13-29(21-8-10-24-14-26-21)11-9-20(18)28-22(30)27-16-4-2-15(23)3-5-16/h2-8,10,12,14,18,20H,9,11,13H2,1H3,(H2,27,28,30). The van der Waals surface area contributed by atoms with E-state index < -0.39 is 0 Å². The summed E-state index contributed by atoms with van der Waals surface area (Å²) >= 11 is 5.92. The van der Waals surface area contributed by atoms with Crippen LogP contribution in [0.4, 0.5) is 16.3 Å². The molecule has 1 saturated heterocycles. The van der Waals surface area contributed by atoms with Gasteiger partial charge in [-0.15, -0.1) is 0 Å². The van der Waals surface area contributed by atoms with E-state index >= 15 is 0 Å². The van der Waals surface area contributed by atoms with Crippen LogP contribution in [-0.4, -0.2) is 47.2 Å². The van der Waals surface area contributed by atoms with Gasteiger partial charge in [0.1, 0.15) is 17.9 Å². The zero-order valence-electron chi connectivity index (χ0n) is 17.0. The molecule has 1 aromatic carbocycles. The quantitative estimate of drug-likeness (QED) is 0.630. The Kier molecular flexibility index (Phi) is 6.47. The van der Waals surface area contributed by atoms with Gasteiger partial charge in [0, 0.05) is 47.7 Å². The molecule has 0 saturated carbocycles. The fourth-order valence-electron chi connectivity index (χ4n) is 3.70. The Morgan fingerprint density at radius 3 is 2.68 bits per heavy atom. The van der Waals surface area contributed by atoms with Gasteiger partial charge in [-0.3, -0.25) is 4.98 Å². The molecule has 2 atom stereocenters. The molecule has 160 valence electrons. The number of hydrogen-bond acceptors (Lipinski definition) is 6. The molecule has 2 N–H and O–H groups in total. The molecular formula is C22H23ClN6O2. The van der Waals surface area contributed by atoms with E-state index in [2.05, 4.69) is 30.5 Å². The Bertz CT molecular complexity index is 1000. The van der Waals surface area contributed by atoms with Crippen LogP contribution >= 0.6 is 11.6 Å². The zero-order chi connectivity index (χ0) is 21.6. The number of pyridine rings is 1. The number of piperidine rings is 1. The number of nitrogens with one attached hydrogen (secondary N) is 2. The monoisotopic (exact) mass is 438 g/mol. The molecule has 2 unspecified atom stereocenters. The Labute approximate surface area is 185 Å². The van der Waals surface area contributed by atoms with E-state index in [1.807, 2.05) is 18.2 Å². The summed E-state index contributed by atoms with van der Waals surface area (Å²) in [5.74, 6) is 1.53. The molecule has 3 heterocycles. The minimum Gasteiger partial charge on any atom is -0.495 e. The second-order valence-electron chi connectivity index (χ2n) is 7.24. The van der Waals surface area contributed by atoms with Crippen LogP contribution in [0.1, 0.15) is 18.0 Å². The van der Waals surface area contributed by atoms with E-state index in [0.29, 0.717) is 23.0 Å². The number of urea groups is 1. The van der Waals surface area contributed by atoms with Crippen molar-refractivity contribution in [3.8, 4) is 5.75 Å². The highest BCUT2D eigenvalue weighted by atomic mass is 35.5. The van der Waals surface area contributed by atoms with Crippen molar-refractivity contribution in [3.63, 3.8) is 0 Å². The smallest absolute Gasteiger partial charge is 0.319 e. The van der Waals surface area contributed by atoms with Crippen molar-refractivity contribution in [2.24, 2.45) is 0 Å². The molecule has 9 heteroatoms. The highest BCUT2D eigenvalue weighted by Gasteiger charge is 2.33. The van der Waals surface area contributed by atoms with Crippen LogP contribution in [0.15, 0.2) is 61.2 Å². The normalized spacial score (nSPS) is 18.3. The van der Waals surface area contributed by atoms with Crippen molar-refractivity contribution in [2.75, 3.05) is 30.4 Å². The summed E-state index contributed by atoms with van der Waals surface area (Å²) in [5, 5.41) is 6.60. The summed E-state index contributed by atoms with van der Waals surface area (Å²) in [6.45, 7) is 1.43. The first-order valence-corrected chi connectivity index (χ1v) is 10.3. The van der Waals surface area contributed by atoms with E-state index in [0.717, 1.165) is 24.5 Å². The molecule has 3 aromatic rings. The number of ether oxygens (including phenoxy) is 1. The number of aromatic nitrogens is 3. The summed E-state index contributed by atoms with van der Waals surface area (Å²) in [5.41, 5.74) is 1.57. The number of anilines is 2. The van der Waals surface area contributed by atoms with Gasteiger partial charge < -0.3 is 20.3 Å². The number of amides is 2. The van der Waals surface area contributed by atoms with Crippen molar-refractivity contribution in [1.29, 1.82) is 0 Å². The maximum atomic E-state index is 12.7. The van der Waals surface area contributed by atoms with Gasteiger partial charge >= 0.3 is 6.03 Å². The first-order chi connectivity index (χ1) is 15.1. The van der Waals surface area contributed by atoms with E-state index in [1.54, 1.807) is 50.1 Å². The molecule has 2 aromatic heterocycles. The first kappa shape index (κ1) is 20.9. The van der Waals surface area contributed by atoms with Crippen LogP contribution in [0, 0.1) is 0 Å². The number of benzene rings is 1. The summed E-state index contributed by atoms with van der Waals surface area (Å²) in [6.07, 6.45) is 5.72. The molecule has 1 aliphatic rings. The summed E-state index contributed by atoms with van der Waals surface area (Å²) < 4.78 is 5.23. The Balaban J connectivity index is 1.51. The third-order valence-corrected chi connectivity index (χ3v) is 5.55. The van der Waals surface area contributed by atoms with Gasteiger partial charge in [-0.2, -0.15) is 0 Å². The van der Waals surface area contributed by atoms with Gasteiger partial charge in [-0.25, -0.2) is 14.8 Å². The predicted octanol–water partition coefficient (Wildman–Crippen LogP) is 3.72. The Hall–Kier alpha value is -3.39. The number of carbonyl (C=O) groups is 1. The lowest BCUT2D eigenvalue weighted by atomic mass is 9.88. The molecule has 0 aliphatic carbocycles. The van der Waals surface area contributed by atoms with Crippen LogP contribution < -0.4 is 20.3 Å².